The Kier molecular flexibility index (Phi) is 6.73. The first kappa shape index (κ1) is 14.6. The topological polar surface area (TPSA) is 63.4 Å². The molecule has 0 aromatic heterocycles. The van der Waals surface area contributed by atoms with E-state index in [4.69, 9.17) is 5.73 Å². The number of hydrogen-bond donors (Lipinski definition) is 1. The third-order valence-electron chi connectivity index (χ3n) is 3.12. The van der Waals surface area contributed by atoms with Gasteiger partial charge in [0.25, 0.3) is 0 Å². The van der Waals surface area contributed by atoms with Crippen LogP contribution in [0.1, 0.15) is 32.6 Å². The van der Waals surface area contributed by atoms with Gasteiger partial charge in [-0.1, -0.05) is 19.8 Å². The summed E-state index contributed by atoms with van der Waals surface area (Å²) in [6.45, 7) is 4.17. The van der Waals surface area contributed by atoms with Crippen molar-refractivity contribution in [1.82, 2.24) is 4.90 Å². The summed E-state index contributed by atoms with van der Waals surface area (Å²) in [4.78, 5) is 13.8. The molecule has 1 fully saturated rings. The summed E-state index contributed by atoms with van der Waals surface area (Å²) in [5, 5.41) is 0. The van der Waals surface area contributed by atoms with Gasteiger partial charge >= 0.3 is 0 Å². The van der Waals surface area contributed by atoms with Gasteiger partial charge in [0, 0.05) is 29.6 Å². The zero-order chi connectivity index (χ0) is 12.7. The third-order valence-corrected chi connectivity index (χ3v) is 4.63. The second kappa shape index (κ2) is 7.82. The van der Waals surface area contributed by atoms with Gasteiger partial charge in [-0.15, -0.1) is 0 Å². The lowest BCUT2D eigenvalue weighted by Gasteiger charge is -2.20. The van der Waals surface area contributed by atoms with Crippen molar-refractivity contribution in [3.8, 4) is 0 Å². The van der Waals surface area contributed by atoms with Gasteiger partial charge in [0.15, 0.2) is 0 Å². The fourth-order valence-electron chi connectivity index (χ4n) is 1.99. The van der Waals surface area contributed by atoms with Crippen molar-refractivity contribution in [3.63, 3.8) is 0 Å². The van der Waals surface area contributed by atoms with E-state index in [-0.39, 0.29) is 17.6 Å². The molecule has 2 N–H and O–H groups in total. The molecule has 0 saturated carbocycles. The van der Waals surface area contributed by atoms with E-state index in [0.29, 0.717) is 12.3 Å². The molecule has 4 nitrogen and oxygen atoms in total. The molecule has 17 heavy (non-hydrogen) atoms. The Hall–Kier alpha value is -0.420. The van der Waals surface area contributed by atoms with Gasteiger partial charge in [-0.25, -0.2) is 0 Å². The molecular weight excluding hydrogens is 236 g/mol. The van der Waals surface area contributed by atoms with Crippen LogP contribution in [-0.2, 0) is 15.6 Å². The summed E-state index contributed by atoms with van der Waals surface area (Å²) in [6.07, 6.45) is 4.57. The maximum absolute atomic E-state index is 11.9. The molecule has 100 valence electrons. The number of carbonyl (C=O) groups is 1. The summed E-state index contributed by atoms with van der Waals surface area (Å²) in [5.74, 6) is 0.989. The normalized spacial score (nSPS) is 20.7. The van der Waals surface area contributed by atoms with Gasteiger partial charge in [0.2, 0.25) is 5.91 Å². The van der Waals surface area contributed by atoms with Crippen LogP contribution >= 0.6 is 0 Å². The number of amides is 1. The van der Waals surface area contributed by atoms with Crippen molar-refractivity contribution in [3.05, 3.63) is 0 Å². The van der Waals surface area contributed by atoms with E-state index >= 15 is 0 Å². The highest BCUT2D eigenvalue weighted by Crippen LogP contribution is 2.10. The minimum atomic E-state index is -1.06. The van der Waals surface area contributed by atoms with Crippen LogP contribution in [-0.4, -0.2) is 46.2 Å². The lowest BCUT2D eigenvalue weighted by atomic mass is 10.2. The highest BCUT2D eigenvalue weighted by atomic mass is 32.2. The average molecular weight is 260 g/mol. The van der Waals surface area contributed by atoms with Crippen LogP contribution in [0.3, 0.4) is 0 Å². The lowest BCUT2D eigenvalue weighted by Crippen LogP contribution is -2.36. The number of likely N-dealkylation sites (tertiary alicyclic amines) is 1. The number of carbonyl (C=O) groups excluding carboxylic acids is 1. The summed E-state index contributed by atoms with van der Waals surface area (Å²) in [7, 11) is -1.06. The lowest BCUT2D eigenvalue weighted by molar-refractivity contribution is -0.128. The van der Waals surface area contributed by atoms with E-state index in [9.17, 15) is 9.00 Å². The molecule has 1 saturated heterocycles. The van der Waals surface area contributed by atoms with E-state index in [0.717, 1.165) is 25.9 Å². The van der Waals surface area contributed by atoms with E-state index < -0.39 is 10.8 Å². The first-order valence-electron chi connectivity index (χ1n) is 6.46. The Labute approximate surface area is 106 Å². The standard InChI is InChI=1S/C12H24N2O2S/c1-11(8-13)9-17(16)10-12(15)14-6-4-2-3-5-7-14/h11H,2-10,13H2,1H3. The van der Waals surface area contributed by atoms with E-state index in [1.807, 2.05) is 11.8 Å². The second-order valence-corrected chi connectivity index (χ2v) is 6.39. The first-order chi connectivity index (χ1) is 8.13. The summed E-state index contributed by atoms with van der Waals surface area (Å²) in [6, 6.07) is 0. The van der Waals surface area contributed by atoms with Gasteiger partial charge < -0.3 is 10.6 Å². The van der Waals surface area contributed by atoms with Crippen LogP contribution in [0.4, 0.5) is 0 Å². The summed E-state index contributed by atoms with van der Waals surface area (Å²) < 4.78 is 11.8. The smallest absolute Gasteiger partial charge is 0.235 e. The number of hydrogen-bond acceptors (Lipinski definition) is 3. The van der Waals surface area contributed by atoms with E-state index in [1.54, 1.807) is 0 Å². The van der Waals surface area contributed by atoms with Crippen molar-refractivity contribution < 1.29 is 9.00 Å². The largest absolute Gasteiger partial charge is 0.342 e. The minimum Gasteiger partial charge on any atom is -0.342 e. The molecule has 0 aromatic carbocycles. The Morgan fingerprint density at radius 1 is 1.29 bits per heavy atom. The third kappa shape index (κ3) is 5.64. The van der Waals surface area contributed by atoms with Crippen LogP contribution in [0.15, 0.2) is 0 Å². The molecule has 1 rings (SSSR count). The molecule has 1 aliphatic rings. The minimum absolute atomic E-state index is 0.0504. The van der Waals surface area contributed by atoms with Gasteiger partial charge in [0.1, 0.15) is 5.75 Å². The van der Waals surface area contributed by atoms with Crippen LogP contribution in [0.25, 0.3) is 0 Å². The number of nitrogens with zero attached hydrogens (tertiary/aromatic N) is 1. The van der Waals surface area contributed by atoms with Crippen LogP contribution in [0, 0.1) is 5.92 Å². The van der Waals surface area contributed by atoms with Crippen molar-refractivity contribution in [1.29, 1.82) is 0 Å². The highest BCUT2D eigenvalue weighted by molar-refractivity contribution is 7.85. The Morgan fingerprint density at radius 3 is 2.41 bits per heavy atom. The van der Waals surface area contributed by atoms with E-state index in [1.165, 1.54) is 12.8 Å². The van der Waals surface area contributed by atoms with Crippen LogP contribution in [0.5, 0.6) is 0 Å². The molecule has 0 radical (unpaired) electrons. The monoisotopic (exact) mass is 260 g/mol. The van der Waals surface area contributed by atoms with Crippen LogP contribution in [0.2, 0.25) is 0 Å². The molecular formula is C12H24N2O2S. The molecule has 0 bridgehead atoms. The van der Waals surface area contributed by atoms with Crippen molar-refractivity contribution in [2.75, 3.05) is 31.1 Å². The molecule has 0 aromatic rings. The summed E-state index contributed by atoms with van der Waals surface area (Å²) in [5.41, 5.74) is 5.48. The van der Waals surface area contributed by atoms with Gasteiger partial charge in [-0.2, -0.15) is 0 Å². The molecule has 1 heterocycles. The second-order valence-electron chi connectivity index (χ2n) is 4.89. The first-order valence-corrected chi connectivity index (χ1v) is 7.95. The van der Waals surface area contributed by atoms with Gasteiger partial charge in [0.05, 0.1) is 0 Å². The van der Waals surface area contributed by atoms with Crippen molar-refractivity contribution in [2.24, 2.45) is 11.7 Å². The molecule has 5 heteroatoms. The van der Waals surface area contributed by atoms with Crippen molar-refractivity contribution >= 4 is 16.7 Å². The molecule has 2 atom stereocenters. The Morgan fingerprint density at radius 2 is 1.88 bits per heavy atom. The number of nitrogens with two attached hydrogens (primary N) is 1. The Bertz CT molecular complexity index is 263. The predicted octanol–water partition coefficient (Wildman–Crippen LogP) is 0.733. The zero-order valence-electron chi connectivity index (χ0n) is 10.7. The fourth-order valence-corrected chi connectivity index (χ4v) is 3.34. The maximum atomic E-state index is 11.9. The molecule has 0 spiro atoms. The average Bonchev–Trinajstić information content (AvgIpc) is 2.57. The maximum Gasteiger partial charge on any atom is 0.235 e. The zero-order valence-corrected chi connectivity index (χ0v) is 11.5. The molecule has 2 unspecified atom stereocenters. The SMILES string of the molecule is CC(CN)CS(=O)CC(=O)N1CCCCCC1. The molecule has 0 aliphatic carbocycles. The predicted molar refractivity (Wildman–Crippen MR) is 71.1 cm³/mol. The van der Waals surface area contributed by atoms with Crippen LogP contribution < -0.4 is 5.73 Å². The van der Waals surface area contributed by atoms with E-state index in [2.05, 4.69) is 0 Å². The summed E-state index contributed by atoms with van der Waals surface area (Å²) >= 11 is 0. The Balaban J connectivity index is 2.34. The molecule has 1 amide bonds. The fraction of sp³-hybridized carbons (Fsp3) is 0.917. The van der Waals surface area contributed by atoms with Gasteiger partial charge in [-0.05, 0) is 25.3 Å². The highest BCUT2D eigenvalue weighted by Gasteiger charge is 2.18. The molecule has 1 aliphatic heterocycles. The van der Waals surface area contributed by atoms with Crippen molar-refractivity contribution in [2.45, 2.75) is 32.6 Å². The number of rotatable bonds is 5. The van der Waals surface area contributed by atoms with Gasteiger partial charge in [-0.3, -0.25) is 9.00 Å². The quantitative estimate of drug-likeness (QED) is 0.793.